The number of hydrogen-bond acceptors (Lipinski definition) is 6. The fourth-order valence-corrected chi connectivity index (χ4v) is 5.53. The Morgan fingerprint density at radius 2 is 1.03 bits per heavy atom. The van der Waals surface area contributed by atoms with Crippen LogP contribution in [0.15, 0.2) is 69.9 Å². The summed E-state index contributed by atoms with van der Waals surface area (Å²) in [7, 11) is 0. The third-order valence-corrected chi connectivity index (χ3v) is 7.60. The minimum atomic E-state index is 0.373. The molecule has 2 aromatic carbocycles. The number of rotatable bonds is 6. The molecule has 4 nitrogen and oxygen atoms in total. The lowest BCUT2D eigenvalue weighted by molar-refractivity contribution is 0.818. The van der Waals surface area contributed by atoms with E-state index in [0.717, 1.165) is 11.5 Å². The van der Waals surface area contributed by atoms with Gasteiger partial charge in [0.25, 0.3) is 0 Å². The van der Waals surface area contributed by atoms with Crippen LogP contribution in [0.25, 0.3) is 0 Å². The van der Waals surface area contributed by atoms with E-state index in [1.807, 2.05) is 0 Å². The molecule has 0 aromatic heterocycles. The van der Waals surface area contributed by atoms with E-state index in [9.17, 15) is 0 Å². The maximum absolute atomic E-state index is 5.76. The van der Waals surface area contributed by atoms with Crippen LogP contribution in [0.1, 0.15) is 101 Å². The third kappa shape index (κ3) is 4.70. The van der Waals surface area contributed by atoms with Crippen LogP contribution < -0.4 is 9.80 Å². The Labute approximate surface area is 220 Å². The van der Waals surface area contributed by atoms with Gasteiger partial charge in [-0.05, 0) is 45.9 Å². The van der Waals surface area contributed by atoms with Crippen LogP contribution in [0.4, 0.5) is 11.4 Å². The van der Waals surface area contributed by atoms with Crippen molar-refractivity contribution in [1.82, 2.24) is 0 Å². The summed E-state index contributed by atoms with van der Waals surface area (Å²) < 4.78 is 4.95. The highest BCUT2D eigenvalue weighted by Crippen LogP contribution is 2.46. The van der Waals surface area contributed by atoms with Gasteiger partial charge in [-0.2, -0.15) is 0 Å². The largest absolute Gasteiger partial charge is 0.299 e. The average Bonchev–Trinajstić information content (AvgIpc) is 3.43. The fraction of sp³-hybridized carbons (Fsp3) is 0.414. The molecule has 0 amide bonds. The van der Waals surface area contributed by atoms with Crippen LogP contribution >= 0.6 is 24.2 Å². The van der Waals surface area contributed by atoms with Crippen LogP contribution in [0.2, 0.25) is 0 Å². The molecule has 0 aliphatic carbocycles. The first-order valence-corrected chi connectivity index (χ1v) is 13.7. The first-order chi connectivity index (χ1) is 16.6. The minimum absolute atomic E-state index is 0.373. The van der Waals surface area contributed by atoms with E-state index in [2.05, 4.69) is 124 Å². The highest BCUT2D eigenvalue weighted by atomic mass is 32.2. The van der Waals surface area contributed by atoms with E-state index in [-0.39, 0.29) is 0 Å². The van der Waals surface area contributed by atoms with Crippen LogP contribution in [0, 0.1) is 0 Å². The summed E-state index contributed by atoms with van der Waals surface area (Å²) in [5.74, 6) is 2.46. The van der Waals surface area contributed by atoms with Crippen molar-refractivity contribution in [2.24, 2.45) is 9.63 Å². The lowest BCUT2D eigenvalue weighted by Gasteiger charge is -2.33. The Morgan fingerprint density at radius 3 is 1.31 bits per heavy atom. The van der Waals surface area contributed by atoms with Gasteiger partial charge < -0.3 is 0 Å². The molecule has 2 heterocycles. The molecule has 0 radical (unpaired) electrons. The van der Waals surface area contributed by atoms with Crippen molar-refractivity contribution in [2.45, 2.75) is 79.1 Å². The summed E-state index contributed by atoms with van der Waals surface area (Å²) in [6.45, 7) is 18.1. The van der Waals surface area contributed by atoms with Crippen molar-refractivity contribution in [3.8, 4) is 0 Å². The standard InChI is InChI=1S/C29H36N4S2/c1-17(2)21-11-9-12-22(18(3)4)26(21)32-15-16-33(28(32)25-29(34)35-31-30-25)27-23(19(5)6)13-10-14-24(27)20(7)8/h9-20H,1-8H3. The molecule has 0 N–H and O–H groups in total. The van der Waals surface area contributed by atoms with E-state index < -0.39 is 0 Å². The van der Waals surface area contributed by atoms with Crippen molar-refractivity contribution in [1.29, 1.82) is 0 Å². The molecule has 0 unspecified atom stereocenters. The zero-order valence-electron chi connectivity index (χ0n) is 22.0. The Kier molecular flexibility index (Phi) is 7.53. The molecular weight excluding hydrogens is 468 g/mol. The maximum atomic E-state index is 5.76. The van der Waals surface area contributed by atoms with Gasteiger partial charge >= 0.3 is 0 Å². The molecule has 0 saturated heterocycles. The number of hydrogen-bond donors (Lipinski definition) is 0. The predicted molar refractivity (Wildman–Crippen MR) is 155 cm³/mol. The average molecular weight is 505 g/mol. The summed E-state index contributed by atoms with van der Waals surface area (Å²) in [5, 5.41) is 4.55. The van der Waals surface area contributed by atoms with Crippen molar-refractivity contribution >= 4 is 39.7 Å². The molecule has 2 aromatic rings. The normalized spacial score (nSPS) is 15.9. The summed E-state index contributed by atoms with van der Waals surface area (Å²) >= 11 is 7.04. The van der Waals surface area contributed by atoms with Crippen molar-refractivity contribution in [2.75, 3.05) is 9.80 Å². The summed E-state index contributed by atoms with van der Waals surface area (Å²) in [6.07, 6.45) is 4.36. The monoisotopic (exact) mass is 504 g/mol. The lowest BCUT2D eigenvalue weighted by Crippen LogP contribution is -2.28. The van der Waals surface area contributed by atoms with Crippen molar-refractivity contribution < 1.29 is 0 Å². The smallest absolute Gasteiger partial charge is 0.154 e. The third-order valence-electron chi connectivity index (χ3n) is 6.66. The highest BCUT2D eigenvalue weighted by molar-refractivity contribution is 8.23. The first kappa shape index (κ1) is 25.6. The van der Waals surface area contributed by atoms with Gasteiger partial charge in [0, 0.05) is 24.3 Å². The number of anilines is 2. The minimum Gasteiger partial charge on any atom is -0.299 e. The molecule has 6 heteroatoms. The molecule has 35 heavy (non-hydrogen) atoms. The maximum Gasteiger partial charge on any atom is 0.154 e. The SMILES string of the molecule is CC(C)c1cccc(C(C)C)c1N1C=CN(c2c(C(C)C)cccc2C(C)C)C1=C1N=NSC1=S. The Morgan fingerprint density at radius 1 is 0.657 bits per heavy atom. The molecule has 0 atom stereocenters. The molecule has 2 aliphatic rings. The van der Waals surface area contributed by atoms with Gasteiger partial charge in [0.1, 0.15) is 4.20 Å². The van der Waals surface area contributed by atoms with Crippen molar-refractivity contribution in [3.05, 3.63) is 82.6 Å². The second-order valence-corrected chi connectivity index (χ2v) is 11.9. The zero-order valence-corrected chi connectivity index (χ0v) is 23.7. The van der Waals surface area contributed by atoms with Crippen molar-refractivity contribution in [3.63, 3.8) is 0 Å². The molecule has 0 fully saturated rings. The molecular formula is C29H36N4S2. The summed E-state index contributed by atoms with van der Waals surface area (Å²) in [5.41, 5.74) is 8.47. The van der Waals surface area contributed by atoms with Gasteiger partial charge in [-0.25, -0.2) is 0 Å². The molecule has 2 aliphatic heterocycles. The van der Waals surface area contributed by atoms with E-state index in [1.165, 1.54) is 45.6 Å². The second kappa shape index (κ2) is 10.3. The van der Waals surface area contributed by atoms with Gasteiger partial charge in [0.05, 0.1) is 11.4 Å². The number of benzene rings is 2. The van der Waals surface area contributed by atoms with Gasteiger partial charge in [-0.15, -0.1) is 9.63 Å². The molecule has 0 bridgehead atoms. The summed E-state index contributed by atoms with van der Waals surface area (Å²) in [4.78, 5) is 4.61. The van der Waals surface area contributed by atoms with E-state index in [4.69, 9.17) is 12.2 Å². The van der Waals surface area contributed by atoms with Crippen LogP contribution in [0.5, 0.6) is 0 Å². The zero-order chi connectivity index (χ0) is 25.4. The lowest BCUT2D eigenvalue weighted by atomic mass is 9.91. The van der Waals surface area contributed by atoms with Crippen LogP contribution in [0.3, 0.4) is 0 Å². The Bertz CT molecular complexity index is 1090. The van der Waals surface area contributed by atoms with Gasteiger partial charge in [-0.3, -0.25) is 9.80 Å². The van der Waals surface area contributed by atoms with E-state index >= 15 is 0 Å². The number of para-hydroxylation sites is 2. The predicted octanol–water partition coefficient (Wildman–Crippen LogP) is 9.59. The number of nitrogens with zero attached hydrogens (tertiary/aromatic N) is 4. The Balaban J connectivity index is 2.02. The van der Waals surface area contributed by atoms with Gasteiger partial charge in [-0.1, -0.05) is 104 Å². The van der Waals surface area contributed by atoms with Crippen LogP contribution in [-0.4, -0.2) is 4.20 Å². The first-order valence-electron chi connectivity index (χ1n) is 12.5. The highest BCUT2D eigenvalue weighted by Gasteiger charge is 2.35. The quantitative estimate of drug-likeness (QED) is 0.223. The number of thiocarbonyl (C=S) groups is 1. The van der Waals surface area contributed by atoms with E-state index in [1.54, 1.807) is 0 Å². The van der Waals surface area contributed by atoms with E-state index in [0.29, 0.717) is 27.9 Å². The summed E-state index contributed by atoms with van der Waals surface area (Å²) in [6, 6.07) is 13.3. The molecule has 0 saturated carbocycles. The van der Waals surface area contributed by atoms with Gasteiger partial charge in [0.15, 0.2) is 11.5 Å². The Hall–Kier alpha value is -2.44. The fourth-order valence-electron chi connectivity index (χ4n) is 4.88. The van der Waals surface area contributed by atoms with Gasteiger partial charge in [0.2, 0.25) is 0 Å². The molecule has 0 spiro atoms. The second-order valence-electron chi connectivity index (χ2n) is 10.5. The molecule has 184 valence electrons. The topological polar surface area (TPSA) is 31.2 Å². The molecule has 4 rings (SSSR count). The van der Waals surface area contributed by atoms with Crippen LogP contribution in [-0.2, 0) is 0 Å².